The predicted octanol–water partition coefficient (Wildman–Crippen LogP) is 3.20. The van der Waals surface area contributed by atoms with E-state index in [-0.39, 0.29) is 5.91 Å². The molecular formula is C26H24N4O3. The van der Waals surface area contributed by atoms with Crippen LogP contribution in [0.4, 0.5) is 5.69 Å². The van der Waals surface area contributed by atoms with Gasteiger partial charge in [0.15, 0.2) is 0 Å². The van der Waals surface area contributed by atoms with Gasteiger partial charge in [-0.15, -0.1) is 0 Å². The van der Waals surface area contributed by atoms with Crippen LogP contribution >= 0.6 is 0 Å². The molecule has 1 saturated heterocycles. The summed E-state index contributed by atoms with van der Waals surface area (Å²) >= 11 is 0. The van der Waals surface area contributed by atoms with Gasteiger partial charge in [0.05, 0.1) is 11.6 Å². The van der Waals surface area contributed by atoms with Gasteiger partial charge in [-0.2, -0.15) is 5.26 Å². The molecule has 2 amide bonds. The van der Waals surface area contributed by atoms with E-state index in [0.29, 0.717) is 55.2 Å². The van der Waals surface area contributed by atoms with Crippen molar-refractivity contribution in [3.8, 4) is 11.8 Å². The van der Waals surface area contributed by atoms with E-state index in [2.05, 4.69) is 11.0 Å². The lowest BCUT2D eigenvalue weighted by Crippen LogP contribution is -2.48. The SMILES string of the molecule is N#Cc1ccc(OCc2cccc(C(=O)N3CCN(c4ccc(C(N)=O)cc4)CC3)c2)cc1. The van der Waals surface area contributed by atoms with Crippen molar-refractivity contribution < 1.29 is 14.3 Å². The number of nitriles is 1. The Morgan fingerprint density at radius 3 is 2.24 bits per heavy atom. The van der Waals surface area contributed by atoms with E-state index < -0.39 is 5.91 Å². The molecule has 0 saturated carbocycles. The molecule has 0 aromatic heterocycles. The molecule has 0 spiro atoms. The summed E-state index contributed by atoms with van der Waals surface area (Å²) in [5.41, 5.74) is 8.91. The van der Waals surface area contributed by atoms with Gasteiger partial charge >= 0.3 is 0 Å². The number of rotatable bonds is 6. The number of benzene rings is 3. The fraction of sp³-hybridized carbons (Fsp3) is 0.192. The first-order valence-corrected chi connectivity index (χ1v) is 10.7. The quantitative estimate of drug-likeness (QED) is 0.635. The molecule has 0 radical (unpaired) electrons. The maximum atomic E-state index is 13.0. The van der Waals surface area contributed by atoms with Crippen LogP contribution in [-0.4, -0.2) is 42.9 Å². The smallest absolute Gasteiger partial charge is 0.253 e. The molecule has 0 atom stereocenters. The lowest BCUT2D eigenvalue weighted by atomic mass is 10.1. The molecule has 3 aromatic rings. The van der Waals surface area contributed by atoms with E-state index in [1.165, 1.54) is 0 Å². The zero-order valence-corrected chi connectivity index (χ0v) is 18.1. The maximum absolute atomic E-state index is 13.0. The van der Waals surface area contributed by atoms with Crippen molar-refractivity contribution in [1.29, 1.82) is 5.26 Å². The number of carbonyl (C=O) groups excluding carboxylic acids is 2. The number of ether oxygens (including phenoxy) is 1. The molecule has 2 N–H and O–H groups in total. The number of nitrogens with two attached hydrogens (primary N) is 1. The zero-order valence-electron chi connectivity index (χ0n) is 18.1. The van der Waals surface area contributed by atoms with Crippen molar-refractivity contribution in [2.45, 2.75) is 6.61 Å². The Kier molecular flexibility index (Phi) is 6.56. The number of nitrogens with zero attached hydrogens (tertiary/aromatic N) is 3. The topological polar surface area (TPSA) is 99.7 Å². The predicted molar refractivity (Wildman–Crippen MR) is 125 cm³/mol. The molecule has 166 valence electrons. The van der Waals surface area contributed by atoms with Crippen molar-refractivity contribution in [2.75, 3.05) is 31.1 Å². The summed E-state index contributed by atoms with van der Waals surface area (Å²) in [7, 11) is 0. The van der Waals surface area contributed by atoms with Crippen LogP contribution < -0.4 is 15.4 Å². The normalized spacial score (nSPS) is 13.3. The summed E-state index contributed by atoms with van der Waals surface area (Å²) in [6.45, 7) is 2.99. The maximum Gasteiger partial charge on any atom is 0.253 e. The fourth-order valence-corrected chi connectivity index (χ4v) is 3.77. The second-order valence-electron chi connectivity index (χ2n) is 7.82. The van der Waals surface area contributed by atoms with Gasteiger partial charge in [-0.1, -0.05) is 12.1 Å². The molecule has 1 heterocycles. The van der Waals surface area contributed by atoms with Gasteiger partial charge in [-0.3, -0.25) is 9.59 Å². The van der Waals surface area contributed by atoms with Gasteiger partial charge in [-0.05, 0) is 66.2 Å². The molecule has 33 heavy (non-hydrogen) atoms. The molecule has 0 aliphatic carbocycles. The summed E-state index contributed by atoms with van der Waals surface area (Å²) in [6.07, 6.45) is 0. The van der Waals surface area contributed by atoms with E-state index in [1.807, 2.05) is 41.3 Å². The van der Waals surface area contributed by atoms with Crippen LogP contribution in [-0.2, 0) is 6.61 Å². The van der Waals surface area contributed by atoms with Crippen LogP contribution in [0.3, 0.4) is 0 Å². The lowest BCUT2D eigenvalue weighted by molar-refractivity contribution is 0.0746. The summed E-state index contributed by atoms with van der Waals surface area (Å²) in [5, 5.41) is 8.88. The monoisotopic (exact) mass is 440 g/mol. The van der Waals surface area contributed by atoms with Gasteiger partial charge < -0.3 is 20.3 Å². The van der Waals surface area contributed by atoms with Crippen LogP contribution in [0.15, 0.2) is 72.8 Å². The van der Waals surface area contributed by atoms with Gasteiger partial charge in [0.1, 0.15) is 12.4 Å². The fourth-order valence-electron chi connectivity index (χ4n) is 3.77. The molecule has 1 aliphatic rings. The summed E-state index contributed by atoms with van der Waals surface area (Å²) < 4.78 is 5.79. The summed E-state index contributed by atoms with van der Waals surface area (Å²) in [4.78, 5) is 28.3. The highest BCUT2D eigenvalue weighted by Crippen LogP contribution is 2.19. The number of anilines is 1. The zero-order chi connectivity index (χ0) is 23.2. The van der Waals surface area contributed by atoms with Crippen molar-refractivity contribution >= 4 is 17.5 Å². The highest BCUT2D eigenvalue weighted by molar-refractivity contribution is 5.94. The summed E-state index contributed by atoms with van der Waals surface area (Å²) in [6, 6.07) is 23.7. The third-order valence-electron chi connectivity index (χ3n) is 5.65. The van der Waals surface area contributed by atoms with E-state index in [1.54, 1.807) is 36.4 Å². The molecule has 3 aromatic carbocycles. The van der Waals surface area contributed by atoms with Crippen LogP contribution in [0.5, 0.6) is 5.75 Å². The van der Waals surface area contributed by atoms with Crippen molar-refractivity contribution in [3.05, 3.63) is 95.1 Å². The average Bonchev–Trinajstić information content (AvgIpc) is 2.87. The largest absolute Gasteiger partial charge is 0.489 e. The molecule has 7 heteroatoms. The summed E-state index contributed by atoms with van der Waals surface area (Å²) in [5.74, 6) is 0.228. The Labute approximate surface area is 192 Å². The third-order valence-corrected chi connectivity index (χ3v) is 5.65. The Bertz CT molecular complexity index is 1180. The molecule has 0 bridgehead atoms. The number of hydrogen-bond acceptors (Lipinski definition) is 5. The first kappa shape index (κ1) is 21.9. The minimum absolute atomic E-state index is 0.000973. The Morgan fingerprint density at radius 1 is 0.909 bits per heavy atom. The van der Waals surface area contributed by atoms with Gasteiger partial charge in [0.25, 0.3) is 5.91 Å². The second-order valence-corrected chi connectivity index (χ2v) is 7.82. The van der Waals surface area contributed by atoms with Gasteiger partial charge in [0, 0.05) is 43.0 Å². The standard InChI is InChI=1S/C26H24N4O3/c27-17-19-4-10-24(11-5-19)33-18-20-2-1-3-22(16-20)26(32)30-14-12-29(13-15-30)23-8-6-21(7-9-23)25(28)31/h1-11,16H,12-15,18H2,(H2,28,31). The molecular weight excluding hydrogens is 416 g/mol. The van der Waals surface area contributed by atoms with Crippen molar-refractivity contribution in [1.82, 2.24) is 4.90 Å². The minimum Gasteiger partial charge on any atom is -0.489 e. The molecule has 4 rings (SSSR count). The second kappa shape index (κ2) is 9.88. The van der Waals surface area contributed by atoms with E-state index >= 15 is 0 Å². The van der Waals surface area contributed by atoms with Crippen LogP contribution in [0, 0.1) is 11.3 Å². The van der Waals surface area contributed by atoms with Gasteiger partial charge in [0.2, 0.25) is 5.91 Å². The first-order chi connectivity index (χ1) is 16.0. The number of piperazine rings is 1. The first-order valence-electron chi connectivity index (χ1n) is 10.7. The highest BCUT2D eigenvalue weighted by Gasteiger charge is 2.22. The van der Waals surface area contributed by atoms with Crippen LogP contribution in [0.1, 0.15) is 31.8 Å². The van der Waals surface area contributed by atoms with E-state index in [0.717, 1.165) is 11.3 Å². The molecule has 0 unspecified atom stereocenters. The average molecular weight is 441 g/mol. The molecule has 1 aliphatic heterocycles. The van der Waals surface area contributed by atoms with Gasteiger partial charge in [-0.25, -0.2) is 0 Å². The highest BCUT2D eigenvalue weighted by atomic mass is 16.5. The van der Waals surface area contributed by atoms with E-state index in [4.69, 9.17) is 15.7 Å². The van der Waals surface area contributed by atoms with Crippen LogP contribution in [0.2, 0.25) is 0 Å². The molecule has 1 fully saturated rings. The van der Waals surface area contributed by atoms with E-state index in [9.17, 15) is 9.59 Å². The minimum atomic E-state index is -0.443. The number of amides is 2. The molecule has 7 nitrogen and oxygen atoms in total. The third kappa shape index (κ3) is 5.31. The number of carbonyl (C=O) groups is 2. The van der Waals surface area contributed by atoms with Crippen molar-refractivity contribution in [2.24, 2.45) is 5.73 Å². The Balaban J connectivity index is 1.33. The number of hydrogen-bond donors (Lipinski definition) is 1. The lowest BCUT2D eigenvalue weighted by Gasteiger charge is -2.36. The Hall–Kier alpha value is -4.31. The van der Waals surface area contributed by atoms with Crippen LogP contribution in [0.25, 0.3) is 0 Å². The Morgan fingerprint density at radius 2 is 1.61 bits per heavy atom. The number of primary amides is 1. The van der Waals surface area contributed by atoms with Crippen molar-refractivity contribution in [3.63, 3.8) is 0 Å².